The summed E-state index contributed by atoms with van der Waals surface area (Å²) in [6, 6.07) is 15.2. The third-order valence-electron chi connectivity index (χ3n) is 4.66. The topological polar surface area (TPSA) is 63.6 Å². The first-order valence-electron chi connectivity index (χ1n) is 9.57. The molecule has 1 amide bonds. The summed E-state index contributed by atoms with van der Waals surface area (Å²) in [6.07, 6.45) is -1.40. The molecule has 5 nitrogen and oxygen atoms in total. The van der Waals surface area contributed by atoms with Crippen LogP contribution in [0.4, 0.5) is 13.2 Å². The van der Waals surface area contributed by atoms with Crippen LogP contribution in [0.2, 0.25) is 4.47 Å². The summed E-state index contributed by atoms with van der Waals surface area (Å²) < 4.78 is 44.5. The third-order valence-corrected chi connectivity index (χ3v) is 5.75. The quantitative estimate of drug-likeness (QED) is 0.255. The zero-order valence-corrected chi connectivity index (χ0v) is 18.3. The minimum Gasteiger partial charge on any atom is -0.487 e. The van der Waals surface area contributed by atoms with Crippen LogP contribution in [0.3, 0.4) is 0 Å². The standard InChI is InChI=1S/C23H15ClF3N3O2S/c24-22-28-11-17(33-22)13-32-20-10-7-14-3-1-2-4-18(14)19(20)12-29-30-21(31)15-5-8-16(9-6-15)23(25,26)27/h1-12H,13H2,(H,30,31)/b29-12+. The van der Waals surface area contributed by atoms with Crippen LogP contribution in [-0.4, -0.2) is 17.1 Å². The van der Waals surface area contributed by atoms with Crippen molar-refractivity contribution < 1.29 is 22.7 Å². The number of hydrogen-bond donors (Lipinski definition) is 1. The van der Waals surface area contributed by atoms with Crippen LogP contribution < -0.4 is 10.2 Å². The number of hydrogen-bond acceptors (Lipinski definition) is 5. The molecule has 0 aliphatic heterocycles. The van der Waals surface area contributed by atoms with E-state index in [0.717, 1.165) is 39.9 Å². The van der Waals surface area contributed by atoms with Gasteiger partial charge in [0, 0.05) is 17.3 Å². The van der Waals surface area contributed by atoms with Gasteiger partial charge in [-0.1, -0.05) is 41.9 Å². The van der Waals surface area contributed by atoms with Crippen molar-refractivity contribution in [2.75, 3.05) is 0 Å². The normalized spacial score (nSPS) is 11.8. The minimum atomic E-state index is -4.47. The molecule has 33 heavy (non-hydrogen) atoms. The molecule has 1 N–H and O–H groups in total. The van der Waals surface area contributed by atoms with Crippen LogP contribution in [0.5, 0.6) is 5.75 Å². The SMILES string of the molecule is O=C(N/N=C/c1c(OCc2cnc(Cl)s2)ccc2ccccc12)c1ccc(C(F)(F)F)cc1. The Balaban J connectivity index is 1.54. The summed E-state index contributed by atoms with van der Waals surface area (Å²) >= 11 is 7.17. The van der Waals surface area contributed by atoms with Crippen LogP contribution in [0.15, 0.2) is 72.0 Å². The summed E-state index contributed by atoms with van der Waals surface area (Å²) in [5.41, 5.74) is 2.20. The van der Waals surface area contributed by atoms with Crippen LogP contribution >= 0.6 is 22.9 Å². The number of hydrazone groups is 1. The molecule has 0 aliphatic carbocycles. The lowest BCUT2D eigenvalue weighted by Gasteiger charge is -2.11. The molecule has 0 aliphatic rings. The van der Waals surface area contributed by atoms with Crippen molar-refractivity contribution in [1.82, 2.24) is 10.4 Å². The molecule has 0 saturated carbocycles. The number of alkyl halides is 3. The summed E-state index contributed by atoms with van der Waals surface area (Å²) in [4.78, 5) is 17.1. The number of rotatable bonds is 6. The van der Waals surface area contributed by atoms with Crippen molar-refractivity contribution in [3.8, 4) is 5.75 Å². The Morgan fingerprint density at radius 2 is 1.88 bits per heavy atom. The number of amides is 1. The Kier molecular flexibility index (Phi) is 6.62. The van der Waals surface area contributed by atoms with Gasteiger partial charge in [0.05, 0.1) is 16.7 Å². The van der Waals surface area contributed by atoms with E-state index >= 15 is 0 Å². The fourth-order valence-electron chi connectivity index (χ4n) is 3.06. The Bertz CT molecular complexity index is 1320. The second-order valence-electron chi connectivity index (χ2n) is 6.84. The number of nitrogens with zero attached hydrogens (tertiary/aromatic N) is 2. The number of carbonyl (C=O) groups is 1. The Labute approximate surface area is 195 Å². The summed E-state index contributed by atoms with van der Waals surface area (Å²) in [7, 11) is 0. The van der Waals surface area contributed by atoms with Gasteiger partial charge in [-0.15, -0.1) is 11.3 Å². The van der Waals surface area contributed by atoms with Crippen molar-refractivity contribution in [3.05, 3.63) is 92.9 Å². The number of halogens is 4. The molecule has 1 heterocycles. The molecule has 3 aromatic carbocycles. The third kappa shape index (κ3) is 5.50. The molecule has 4 rings (SSSR count). The molecular formula is C23H15ClF3N3O2S. The van der Waals surface area contributed by atoms with Gasteiger partial charge in [0.1, 0.15) is 12.4 Å². The van der Waals surface area contributed by atoms with Crippen molar-refractivity contribution in [3.63, 3.8) is 0 Å². The Morgan fingerprint density at radius 3 is 2.58 bits per heavy atom. The van der Waals surface area contributed by atoms with Gasteiger partial charge in [0.15, 0.2) is 4.47 Å². The second-order valence-corrected chi connectivity index (χ2v) is 8.54. The van der Waals surface area contributed by atoms with E-state index in [2.05, 4.69) is 15.5 Å². The number of aromatic nitrogens is 1. The first-order chi connectivity index (χ1) is 15.8. The maximum Gasteiger partial charge on any atom is 0.416 e. The number of benzene rings is 3. The number of fused-ring (bicyclic) bond motifs is 1. The lowest BCUT2D eigenvalue weighted by Crippen LogP contribution is -2.18. The molecule has 0 unspecified atom stereocenters. The lowest BCUT2D eigenvalue weighted by molar-refractivity contribution is -0.137. The average Bonchev–Trinajstić information content (AvgIpc) is 3.22. The molecule has 0 fully saturated rings. The maximum atomic E-state index is 12.7. The highest BCUT2D eigenvalue weighted by molar-refractivity contribution is 7.15. The van der Waals surface area contributed by atoms with E-state index in [9.17, 15) is 18.0 Å². The van der Waals surface area contributed by atoms with Crippen LogP contribution in [-0.2, 0) is 12.8 Å². The summed E-state index contributed by atoms with van der Waals surface area (Å²) in [5, 5.41) is 5.80. The molecule has 0 spiro atoms. The molecule has 10 heteroatoms. The van der Waals surface area contributed by atoms with Crippen molar-refractivity contribution in [2.24, 2.45) is 5.10 Å². The number of thiazole rings is 1. The molecular weight excluding hydrogens is 475 g/mol. The molecule has 0 radical (unpaired) electrons. The number of carbonyl (C=O) groups excluding carboxylic acids is 1. The van der Waals surface area contributed by atoms with Gasteiger partial charge in [0.2, 0.25) is 0 Å². The van der Waals surface area contributed by atoms with E-state index < -0.39 is 17.6 Å². The first kappa shape index (κ1) is 22.8. The largest absolute Gasteiger partial charge is 0.487 e. The van der Waals surface area contributed by atoms with Crippen molar-refractivity contribution >= 4 is 45.8 Å². The maximum absolute atomic E-state index is 12.7. The van der Waals surface area contributed by atoms with E-state index in [0.29, 0.717) is 15.8 Å². The summed E-state index contributed by atoms with van der Waals surface area (Å²) in [5.74, 6) is -0.104. The minimum absolute atomic E-state index is 0.0524. The monoisotopic (exact) mass is 489 g/mol. The fraction of sp³-hybridized carbons (Fsp3) is 0.0870. The highest BCUT2D eigenvalue weighted by Crippen LogP contribution is 2.30. The van der Waals surface area contributed by atoms with Crippen LogP contribution in [0.1, 0.15) is 26.4 Å². The Morgan fingerprint density at radius 1 is 1.12 bits per heavy atom. The van der Waals surface area contributed by atoms with E-state index in [1.165, 1.54) is 17.6 Å². The van der Waals surface area contributed by atoms with Gasteiger partial charge < -0.3 is 4.74 Å². The predicted octanol–water partition coefficient (Wildman–Crippen LogP) is 6.31. The predicted molar refractivity (Wildman–Crippen MR) is 122 cm³/mol. The highest BCUT2D eigenvalue weighted by Gasteiger charge is 2.30. The fourth-order valence-corrected chi connectivity index (χ4v) is 3.96. The van der Waals surface area contributed by atoms with Gasteiger partial charge in [-0.25, -0.2) is 10.4 Å². The van der Waals surface area contributed by atoms with Gasteiger partial charge in [-0.2, -0.15) is 18.3 Å². The summed E-state index contributed by atoms with van der Waals surface area (Å²) in [6.45, 7) is 0.251. The number of ether oxygens (including phenoxy) is 1. The van der Waals surface area contributed by atoms with Gasteiger partial charge >= 0.3 is 6.18 Å². The van der Waals surface area contributed by atoms with E-state index in [1.54, 1.807) is 12.3 Å². The zero-order valence-electron chi connectivity index (χ0n) is 16.8. The van der Waals surface area contributed by atoms with Crippen LogP contribution in [0, 0.1) is 0 Å². The molecule has 168 valence electrons. The van der Waals surface area contributed by atoms with Crippen molar-refractivity contribution in [2.45, 2.75) is 12.8 Å². The smallest absolute Gasteiger partial charge is 0.416 e. The molecule has 4 aromatic rings. The van der Waals surface area contributed by atoms with Gasteiger partial charge in [-0.05, 0) is 41.1 Å². The van der Waals surface area contributed by atoms with E-state index in [-0.39, 0.29) is 12.2 Å². The van der Waals surface area contributed by atoms with Gasteiger partial charge in [-0.3, -0.25) is 4.79 Å². The lowest BCUT2D eigenvalue weighted by atomic mass is 10.0. The molecule has 0 bridgehead atoms. The van der Waals surface area contributed by atoms with E-state index in [1.807, 2.05) is 30.3 Å². The number of nitrogens with one attached hydrogen (secondary N) is 1. The van der Waals surface area contributed by atoms with E-state index in [4.69, 9.17) is 16.3 Å². The first-order valence-corrected chi connectivity index (χ1v) is 10.8. The molecule has 0 atom stereocenters. The van der Waals surface area contributed by atoms with Crippen molar-refractivity contribution in [1.29, 1.82) is 0 Å². The molecule has 1 aromatic heterocycles. The molecule has 0 saturated heterocycles. The average molecular weight is 490 g/mol. The zero-order chi connectivity index (χ0) is 23.4. The van der Waals surface area contributed by atoms with Gasteiger partial charge in [0.25, 0.3) is 5.91 Å². The van der Waals surface area contributed by atoms with Crippen LogP contribution in [0.25, 0.3) is 10.8 Å². The highest BCUT2D eigenvalue weighted by atomic mass is 35.5. The Hall–Kier alpha value is -3.43. The second kappa shape index (κ2) is 9.60.